The Kier molecular flexibility index (Phi) is 4.24. The van der Waals surface area contributed by atoms with Crippen molar-refractivity contribution in [1.82, 2.24) is 5.32 Å². The quantitative estimate of drug-likeness (QED) is 0.863. The van der Waals surface area contributed by atoms with Gasteiger partial charge in [-0.05, 0) is 24.5 Å². The van der Waals surface area contributed by atoms with Gasteiger partial charge in [0.2, 0.25) is 0 Å². The molecule has 0 unspecified atom stereocenters. The molecule has 3 nitrogen and oxygen atoms in total. The molecule has 3 heteroatoms. The number of nitrogens with one attached hydrogen (secondary N) is 1. The summed E-state index contributed by atoms with van der Waals surface area (Å²) in [7, 11) is 1.62. The SMILES string of the molecule is CNC(=O)c1cccc(O)c1CC1CCCCC1. The van der Waals surface area contributed by atoms with Gasteiger partial charge in [-0.3, -0.25) is 4.79 Å². The molecule has 2 N–H and O–H groups in total. The molecule has 0 atom stereocenters. The lowest BCUT2D eigenvalue weighted by Gasteiger charge is -2.23. The van der Waals surface area contributed by atoms with E-state index in [0.717, 1.165) is 12.0 Å². The van der Waals surface area contributed by atoms with Crippen LogP contribution in [0.1, 0.15) is 48.0 Å². The minimum atomic E-state index is -0.114. The summed E-state index contributed by atoms with van der Waals surface area (Å²) in [5, 5.41) is 12.6. The van der Waals surface area contributed by atoms with Gasteiger partial charge >= 0.3 is 0 Å². The van der Waals surface area contributed by atoms with Crippen LogP contribution in [0.3, 0.4) is 0 Å². The van der Waals surface area contributed by atoms with Crippen molar-refractivity contribution in [2.24, 2.45) is 5.92 Å². The van der Waals surface area contributed by atoms with E-state index >= 15 is 0 Å². The smallest absolute Gasteiger partial charge is 0.251 e. The molecule has 18 heavy (non-hydrogen) atoms. The van der Waals surface area contributed by atoms with Crippen LogP contribution in [0.4, 0.5) is 0 Å². The van der Waals surface area contributed by atoms with Crippen molar-refractivity contribution < 1.29 is 9.90 Å². The van der Waals surface area contributed by atoms with E-state index in [0.29, 0.717) is 11.5 Å². The fourth-order valence-corrected chi connectivity index (χ4v) is 2.82. The van der Waals surface area contributed by atoms with Gasteiger partial charge in [-0.25, -0.2) is 0 Å². The van der Waals surface area contributed by atoms with E-state index in [-0.39, 0.29) is 11.7 Å². The zero-order chi connectivity index (χ0) is 13.0. The average molecular weight is 247 g/mol. The van der Waals surface area contributed by atoms with Crippen LogP contribution in [-0.2, 0) is 6.42 Å². The van der Waals surface area contributed by atoms with Crippen LogP contribution in [-0.4, -0.2) is 18.1 Å². The van der Waals surface area contributed by atoms with Crippen molar-refractivity contribution in [2.75, 3.05) is 7.05 Å². The van der Waals surface area contributed by atoms with Gasteiger partial charge < -0.3 is 10.4 Å². The molecule has 98 valence electrons. The maximum atomic E-state index is 11.8. The molecule has 0 bridgehead atoms. The van der Waals surface area contributed by atoms with Crippen molar-refractivity contribution in [1.29, 1.82) is 0 Å². The second-order valence-corrected chi connectivity index (χ2v) is 5.09. The Morgan fingerprint density at radius 1 is 1.33 bits per heavy atom. The number of hydrogen-bond donors (Lipinski definition) is 2. The molecule has 0 radical (unpaired) electrons. The normalized spacial score (nSPS) is 16.5. The third-order valence-electron chi connectivity index (χ3n) is 3.84. The Balaban J connectivity index is 2.21. The Bertz CT molecular complexity index is 423. The number of phenolic OH excluding ortho intramolecular Hbond substituents is 1. The summed E-state index contributed by atoms with van der Waals surface area (Å²) in [6, 6.07) is 5.19. The number of amides is 1. The second-order valence-electron chi connectivity index (χ2n) is 5.09. The van der Waals surface area contributed by atoms with Gasteiger partial charge in [-0.1, -0.05) is 38.2 Å². The van der Waals surface area contributed by atoms with Crippen LogP contribution < -0.4 is 5.32 Å². The summed E-state index contributed by atoms with van der Waals surface area (Å²) in [5.41, 5.74) is 1.42. The first-order chi connectivity index (χ1) is 8.72. The lowest BCUT2D eigenvalue weighted by Crippen LogP contribution is -2.21. The third-order valence-corrected chi connectivity index (χ3v) is 3.84. The van der Waals surface area contributed by atoms with Crippen molar-refractivity contribution >= 4 is 5.91 Å². The molecule has 0 saturated heterocycles. The number of carbonyl (C=O) groups excluding carboxylic acids is 1. The predicted octanol–water partition coefficient (Wildman–Crippen LogP) is 2.87. The Labute approximate surface area is 108 Å². The standard InChI is InChI=1S/C15H21NO2/c1-16-15(18)12-8-5-9-14(17)13(12)10-11-6-3-2-4-7-11/h5,8-9,11,17H,2-4,6-7,10H2,1H3,(H,16,18). The Morgan fingerprint density at radius 3 is 2.72 bits per heavy atom. The molecule has 2 rings (SSSR count). The maximum absolute atomic E-state index is 11.8. The molecule has 1 aliphatic rings. The molecular formula is C15H21NO2. The van der Waals surface area contributed by atoms with Gasteiger partial charge in [-0.15, -0.1) is 0 Å². The van der Waals surface area contributed by atoms with E-state index in [9.17, 15) is 9.90 Å². The molecule has 0 aromatic heterocycles. The van der Waals surface area contributed by atoms with Crippen molar-refractivity contribution in [2.45, 2.75) is 38.5 Å². The number of carbonyl (C=O) groups is 1. The fourth-order valence-electron chi connectivity index (χ4n) is 2.82. The second kappa shape index (κ2) is 5.89. The zero-order valence-electron chi connectivity index (χ0n) is 10.9. The van der Waals surface area contributed by atoms with Crippen LogP contribution in [0.5, 0.6) is 5.75 Å². The molecular weight excluding hydrogens is 226 g/mol. The van der Waals surface area contributed by atoms with E-state index in [1.807, 2.05) is 0 Å². The van der Waals surface area contributed by atoms with Crippen molar-refractivity contribution in [3.63, 3.8) is 0 Å². The topological polar surface area (TPSA) is 49.3 Å². The van der Waals surface area contributed by atoms with Crippen molar-refractivity contribution in [3.05, 3.63) is 29.3 Å². The first-order valence-corrected chi connectivity index (χ1v) is 6.75. The number of rotatable bonds is 3. The first kappa shape index (κ1) is 12.9. The number of hydrogen-bond acceptors (Lipinski definition) is 2. The highest BCUT2D eigenvalue weighted by molar-refractivity contribution is 5.96. The van der Waals surface area contributed by atoms with E-state index in [1.165, 1.54) is 32.1 Å². The molecule has 0 aliphatic heterocycles. The zero-order valence-corrected chi connectivity index (χ0v) is 10.9. The Morgan fingerprint density at radius 2 is 2.06 bits per heavy atom. The summed E-state index contributed by atoms with van der Waals surface area (Å²) in [6.07, 6.45) is 7.10. The van der Waals surface area contributed by atoms with Gasteiger partial charge in [0.05, 0.1) is 0 Å². The van der Waals surface area contributed by atoms with Crippen LogP contribution in [0.2, 0.25) is 0 Å². The summed E-state index contributed by atoms with van der Waals surface area (Å²) in [5.74, 6) is 0.744. The van der Waals surface area contributed by atoms with Crippen LogP contribution in [0.15, 0.2) is 18.2 Å². The fraction of sp³-hybridized carbons (Fsp3) is 0.533. The van der Waals surface area contributed by atoms with Crippen LogP contribution >= 0.6 is 0 Å². The number of aromatic hydroxyl groups is 1. The van der Waals surface area contributed by atoms with E-state index in [4.69, 9.17) is 0 Å². The molecule has 1 saturated carbocycles. The highest BCUT2D eigenvalue weighted by atomic mass is 16.3. The number of benzene rings is 1. The molecule has 1 aromatic rings. The first-order valence-electron chi connectivity index (χ1n) is 6.75. The minimum absolute atomic E-state index is 0.114. The lowest BCUT2D eigenvalue weighted by atomic mass is 9.83. The molecule has 0 spiro atoms. The molecule has 1 aromatic carbocycles. The van der Waals surface area contributed by atoms with Crippen LogP contribution in [0.25, 0.3) is 0 Å². The van der Waals surface area contributed by atoms with Gasteiger partial charge in [0.15, 0.2) is 0 Å². The third kappa shape index (κ3) is 2.84. The minimum Gasteiger partial charge on any atom is -0.508 e. The molecule has 1 fully saturated rings. The lowest BCUT2D eigenvalue weighted by molar-refractivity contribution is 0.0961. The summed E-state index contributed by atoms with van der Waals surface area (Å²) in [4.78, 5) is 11.8. The van der Waals surface area contributed by atoms with E-state index < -0.39 is 0 Å². The van der Waals surface area contributed by atoms with Crippen molar-refractivity contribution in [3.8, 4) is 5.75 Å². The van der Waals surface area contributed by atoms with Gasteiger partial charge in [0, 0.05) is 18.2 Å². The maximum Gasteiger partial charge on any atom is 0.251 e. The highest BCUT2D eigenvalue weighted by Crippen LogP contribution is 2.31. The molecule has 0 heterocycles. The highest BCUT2D eigenvalue weighted by Gasteiger charge is 2.19. The summed E-state index contributed by atoms with van der Waals surface area (Å²) in [6.45, 7) is 0. The monoisotopic (exact) mass is 247 g/mol. The van der Waals surface area contributed by atoms with Gasteiger partial charge in [0.1, 0.15) is 5.75 Å². The summed E-state index contributed by atoms with van der Waals surface area (Å²) >= 11 is 0. The van der Waals surface area contributed by atoms with Gasteiger partial charge in [0.25, 0.3) is 5.91 Å². The van der Waals surface area contributed by atoms with E-state index in [2.05, 4.69) is 5.32 Å². The average Bonchev–Trinajstić information content (AvgIpc) is 2.41. The van der Waals surface area contributed by atoms with E-state index in [1.54, 1.807) is 25.2 Å². The molecule has 1 aliphatic carbocycles. The largest absolute Gasteiger partial charge is 0.508 e. The predicted molar refractivity (Wildman–Crippen MR) is 71.8 cm³/mol. The van der Waals surface area contributed by atoms with Gasteiger partial charge in [-0.2, -0.15) is 0 Å². The molecule has 1 amide bonds. The van der Waals surface area contributed by atoms with Crippen LogP contribution in [0, 0.1) is 5.92 Å². The Hall–Kier alpha value is -1.51. The summed E-state index contributed by atoms with van der Waals surface area (Å²) < 4.78 is 0. The number of phenols is 1.